The number of nitrogens with one attached hydrogen (secondary N) is 2. The minimum absolute atomic E-state index is 0.0585. The van der Waals surface area contributed by atoms with Gasteiger partial charge < -0.3 is 26.5 Å². The molecule has 0 aliphatic heterocycles. The Balaban J connectivity index is 0.00000155. The molecule has 0 amide bonds. The fourth-order valence-corrected chi connectivity index (χ4v) is 4.65. The van der Waals surface area contributed by atoms with Gasteiger partial charge in [0.25, 0.3) is 0 Å². The van der Waals surface area contributed by atoms with E-state index in [1.165, 1.54) is 4.57 Å². The Morgan fingerprint density at radius 2 is 1.90 bits per heavy atom. The van der Waals surface area contributed by atoms with E-state index in [1.807, 2.05) is 31.2 Å². The molecule has 0 bridgehead atoms. The van der Waals surface area contributed by atoms with Crippen molar-refractivity contribution < 1.29 is 9.13 Å². The van der Waals surface area contributed by atoms with Gasteiger partial charge in [0.2, 0.25) is 0 Å². The van der Waals surface area contributed by atoms with E-state index in [0.717, 1.165) is 43.4 Å². The first kappa shape index (κ1) is 32.9. The molecule has 42 heavy (non-hydrogen) atoms. The number of aliphatic imine (C=N–C) groups is 1. The Labute approximate surface area is 251 Å². The molecule has 4 rings (SSSR count). The highest BCUT2D eigenvalue weighted by Crippen LogP contribution is 2.31. The zero-order chi connectivity index (χ0) is 30.6. The zero-order valence-electron chi connectivity index (χ0n) is 24.7. The number of aromatic amines is 1. The summed E-state index contributed by atoms with van der Waals surface area (Å²) in [6, 6.07) is 13.0. The first-order chi connectivity index (χ1) is 20.1. The molecule has 0 spiro atoms. The summed E-state index contributed by atoms with van der Waals surface area (Å²) in [5, 5.41) is 4.12. The number of amidine groups is 1. The van der Waals surface area contributed by atoms with Crippen molar-refractivity contribution in [2.75, 3.05) is 27.3 Å². The second-order valence-electron chi connectivity index (χ2n) is 10.3. The van der Waals surface area contributed by atoms with Crippen molar-refractivity contribution in [1.82, 2.24) is 19.9 Å². The van der Waals surface area contributed by atoms with Crippen LogP contribution in [0.3, 0.4) is 0 Å². The summed E-state index contributed by atoms with van der Waals surface area (Å²) in [4.78, 5) is 24.3. The smallest absolute Gasteiger partial charge is 0.354 e. The lowest BCUT2D eigenvalue weighted by atomic mass is 10.0. The fraction of sp³-hybridized carbons (Fsp3) is 0.387. The maximum absolute atomic E-state index is 15.0. The fourth-order valence-electron chi connectivity index (χ4n) is 4.40. The number of halogens is 2. The zero-order valence-corrected chi connectivity index (χ0v) is 25.5. The van der Waals surface area contributed by atoms with Gasteiger partial charge in [-0.2, -0.15) is 4.98 Å². The van der Waals surface area contributed by atoms with Crippen LogP contribution in [0.4, 0.5) is 4.39 Å². The summed E-state index contributed by atoms with van der Waals surface area (Å²) in [5.41, 5.74) is 14.9. The van der Waals surface area contributed by atoms with Crippen molar-refractivity contribution in [1.29, 1.82) is 0 Å². The molecule has 0 saturated carbocycles. The molecule has 4 aromatic rings. The maximum Gasteiger partial charge on any atom is 0.354 e. The van der Waals surface area contributed by atoms with E-state index in [-0.39, 0.29) is 11.1 Å². The van der Waals surface area contributed by atoms with Crippen molar-refractivity contribution in [2.45, 2.75) is 52.1 Å². The van der Waals surface area contributed by atoms with Crippen molar-refractivity contribution in [3.8, 4) is 16.9 Å². The monoisotopic (exact) mass is 597 g/mol. The van der Waals surface area contributed by atoms with Crippen LogP contribution in [-0.4, -0.2) is 53.7 Å². The predicted molar refractivity (Wildman–Crippen MR) is 170 cm³/mol. The van der Waals surface area contributed by atoms with E-state index in [4.69, 9.17) is 23.1 Å². The SMILES string of the molecule is CC(N)=NCCCNCc1ccc(-n2cc3cc(-c4cc(CCCC(C)N)cc(Cl)c4F)[nH]c3nc2=O)cc1.COC. The van der Waals surface area contributed by atoms with Gasteiger partial charge in [0.05, 0.1) is 22.2 Å². The average Bonchev–Trinajstić information content (AvgIpc) is 3.35. The van der Waals surface area contributed by atoms with Crippen molar-refractivity contribution in [2.24, 2.45) is 16.5 Å². The summed E-state index contributed by atoms with van der Waals surface area (Å²) >= 11 is 6.22. The number of benzene rings is 2. The average molecular weight is 598 g/mol. The van der Waals surface area contributed by atoms with Crippen molar-refractivity contribution in [3.05, 3.63) is 81.1 Å². The van der Waals surface area contributed by atoms with Gasteiger partial charge in [-0.05, 0) is 87.5 Å². The van der Waals surface area contributed by atoms with Gasteiger partial charge >= 0.3 is 5.69 Å². The Kier molecular flexibility index (Phi) is 12.7. The number of hydrogen-bond acceptors (Lipinski definition) is 6. The minimum Gasteiger partial charge on any atom is -0.388 e. The van der Waals surface area contributed by atoms with Gasteiger partial charge in [0.15, 0.2) is 5.82 Å². The Hall–Kier alpha value is -3.57. The number of aromatic nitrogens is 3. The van der Waals surface area contributed by atoms with Gasteiger partial charge in [-0.15, -0.1) is 0 Å². The number of nitrogens with zero attached hydrogens (tertiary/aromatic N) is 3. The highest BCUT2D eigenvalue weighted by molar-refractivity contribution is 6.31. The maximum atomic E-state index is 15.0. The van der Waals surface area contributed by atoms with Gasteiger partial charge in [-0.1, -0.05) is 23.7 Å². The number of fused-ring (bicyclic) bond motifs is 1. The molecule has 2 aromatic carbocycles. The van der Waals surface area contributed by atoms with Crippen molar-refractivity contribution in [3.63, 3.8) is 0 Å². The number of nitrogens with two attached hydrogens (primary N) is 2. The van der Waals surface area contributed by atoms with Crippen LogP contribution in [0.15, 0.2) is 58.4 Å². The molecule has 11 heteroatoms. The molecule has 1 unspecified atom stereocenters. The molecule has 9 nitrogen and oxygen atoms in total. The molecule has 6 N–H and O–H groups in total. The third kappa shape index (κ3) is 9.49. The Morgan fingerprint density at radius 1 is 1.19 bits per heavy atom. The molecule has 2 aromatic heterocycles. The van der Waals surface area contributed by atoms with E-state index in [0.29, 0.717) is 46.9 Å². The molecule has 226 valence electrons. The van der Waals surface area contributed by atoms with Crippen LogP contribution in [0.1, 0.15) is 44.2 Å². The number of aryl methyl sites for hydroxylation is 1. The van der Waals surface area contributed by atoms with Crippen LogP contribution in [0, 0.1) is 5.82 Å². The van der Waals surface area contributed by atoms with E-state index < -0.39 is 11.5 Å². The van der Waals surface area contributed by atoms with E-state index in [1.54, 1.807) is 45.5 Å². The van der Waals surface area contributed by atoms with E-state index in [2.05, 4.69) is 25.0 Å². The second kappa shape index (κ2) is 16.2. The molecule has 0 saturated heterocycles. The predicted octanol–water partition coefficient (Wildman–Crippen LogP) is 4.96. The number of methoxy groups -OCH3 is 1. The molecule has 0 aliphatic carbocycles. The number of H-pyrrole nitrogens is 1. The largest absolute Gasteiger partial charge is 0.388 e. The second-order valence-corrected chi connectivity index (χ2v) is 10.7. The number of hydrogen-bond donors (Lipinski definition) is 4. The topological polar surface area (TPSA) is 136 Å². The Morgan fingerprint density at radius 3 is 2.57 bits per heavy atom. The van der Waals surface area contributed by atoms with Crippen LogP contribution in [-0.2, 0) is 17.7 Å². The summed E-state index contributed by atoms with van der Waals surface area (Å²) in [6.07, 6.45) is 5.11. The summed E-state index contributed by atoms with van der Waals surface area (Å²) in [6.45, 7) is 5.98. The minimum atomic E-state index is -0.513. The van der Waals surface area contributed by atoms with Crippen LogP contribution in [0.25, 0.3) is 28.0 Å². The Bertz CT molecular complexity index is 1530. The van der Waals surface area contributed by atoms with Gasteiger partial charge in [-0.25, -0.2) is 9.18 Å². The summed E-state index contributed by atoms with van der Waals surface area (Å²) in [5.74, 6) is 0.0831. The van der Waals surface area contributed by atoms with Crippen molar-refractivity contribution >= 4 is 28.5 Å². The highest BCUT2D eigenvalue weighted by Gasteiger charge is 2.15. The molecular weight excluding hydrogens is 557 g/mol. The van der Waals surface area contributed by atoms with E-state index in [9.17, 15) is 4.79 Å². The van der Waals surface area contributed by atoms with Gasteiger partial charge in [-0.3, -0.25) is 9.56 Å². The summed E-state index contributed by atoms with van der Waals surface area (Å²) < 4.78 is 20.7. The lowest BCUT2D eigenvalue weighted by molar-refractivity contribution is 0.277. The molecule has 2 heterocycles. The first-order valence-electron chi connectivity index (χ1n) is 14.0. The molecule has 0 radical (unpaired) electrons. The third-order valence-electron chi connectivity index (χ3n) is 6.43. The quantitative estimate of drug-likeness (QED) is 0.103. The van der Waals surface area contributed by atoms with E-state index >= 15 is 4.39 Å². The van der Waals surface area contributed by atoms with Crippen LogP contribution < -0.4 is 22.5 Å². The molecule has 0 fully saturated rings. The lowest BCUT2D eigenvalue weighted by Gasteiger charge is -2.09. The van der Waals surface area contributed by atoms with Crippen LogP contribution in [0.5, 0.6) is 0 Å². The highest BCUT2D eigenvalue weighted by atomic mass is 35.5. The molecular formula is C31H41ClFN7O2. The third-order valence-corrected chi connectivity index (χ3v) is 6.70. The first-order valence-corrected chi connectivity index (χ1v) is 14.3. The lowest BCUT2D eigenvalue weighted by Crippen LogP contribution is -2.20. The molecule has 1 atom stereocenters. The number of ether oxygens (including phenoxy) is 1. The molecule has 0 aliphatic rings. The van der Waals surface area contributed by atoms with Crippen LogP contribution in [0.2, 0.25) is 5.02 Å². The van der Waals surface area contributed by atoms with Crippen LogP contribution >= 0.6 is 11.6 Å². The van der Waals surface area contributed by atoms with Gasteiger partial charge in [0, 0.05) is 50.5 Å². The summed E-state index contributed by atoms with van der Waals surface area (Å²) in [7, 11) is 3.25. The number of rotatable bonds is 12. The normalized spacial score (nSPS) is 12.3. The van der Waals surface area contributed by atoms with Gasteiger partial charge in [0.1, 0.15) is 5.65 Å². The standard InChI is InChI=1S/C29H35ClFN7O.C2H6O/c1-18(32)5-3-6-21-13-24(27(31)25(30)14-21)26-15-22-17-38(29(39)37-28(22)36-26)23-9-7-20(8-10-23)16-34-11-4-12-35-19(2)33;1-3-2/h7-10,13-15,17-18,34H,3-6,11-12,16,32H2,1-2H3,(H2,33,35)(H,36,37,39);1-2H3.